The Bertz CT molecular complexity index is 1320. The van der Waals surface area contributed by atoms with Crippen LogP contribution >= 0.6 is 11.3 Å². The fraction of sp³-hybridized carbons (Fsp3) is 0.185. The number of nitrogens with one attached hydrogen (secondary N) is 2. The van der Waals surface area contributed by atoms with E-state index in [9.17, 15) is 9.59 Å². The van der Waals surface area contributed by atoms with Gasteiger partial charge < -0.3 is 20.1 Å². The first-order valence-corrected chi connectivity index (χ1v) is 11.8. The Balaban J connectivity index is 1.60. The minimum Gasteiger partial charge on any atom is -0.495 e. The van der Waals surface area contributed by atoms with Gasteiger partial charge in [0.05, 0.1) is 24.9 Å². The van der Waals surface area contributed by atoms with Crippen molar-refractivity contribution in [3.63, 3.8) is 0 Å². The molecule has 0 bridgehead atoms. The number of carbonyl (C=O) groups excluding carboxylic acids is 2. The van der Waals surface area contributed by atoms with E-state index in [4.69, 9.17) is 9.47 Å². The van der Waals surface area contributed by atoms with E-state index in [0.29, 0.717) is 29.3 Å². The maximum Gasteiger partial charge on any atom is 0.261 e. The number of benzene rings is 3. The summed E-state index contributed by atoms with van der Waals surface area (Å²) in [4.78, 5) is 27.0. The van der Waals surface area contributed by atoms with Crippen LogP contribution in [0, 0.1) is 6.92 Å². The Kier molecular flexibility index (Phi) is 7.13. The lowest BCUT2D eigenvalue weighted by Crippen LogP contribution is -2.36. The highest BCUT2D eigenvalue weighted by atomic mass is 32.1. The zero-order valence-corrected chi connectivity index (χ0v) is 20.1. The van der Waals surface area contributed by atoms with Crippen LogP contribution in [0.15, 0.2) is 72.1 Å². The standard InChI is InChI=1S/C27H26N2O4S/c1-17-10-11-24(32-3)23(13-17)29-27(31)22-14-19-7-4-5-8-20(19)15-25(22)33-18(2)26(30)28-16-21-9-6-12-34-21/h4-15,18H,16H2,1-3H3,(H,28,30)(H,29,31). The van der Waals surface area contributed by atoms with Crippen LogP contribution < -0.4 is 20.1 Å². The SMILES string of the molecule is COc1ccc(C)cc1NC(=O)c1cc2ccccc2cc1OC(C)C(=O)NCc1cccs1. The quantitative estimate of drug-likeness (QED) is 0.351. The second-order valence-corrected chi connectivity index (χ2v) is 8.94. The molecule has 0 fully saturated rings. The van der Waals surface area contributed by atoms with Gasteiger partial charge in [0.2, 0.25) is 0 Å². The highest BCUT2D eigenvalue weighted by molar-refractivity contribution is 7.09. The van der Waals surface area contributed by atoms with Gasteiger partial charge in [0.15, 0.2) is 6.10 Å². The molecule has 0 radical (unpaired) electrons. The highest BCUT2D eigenvalue weighted by Crippen LogP contribution is 2.30. The van der Waals surface area contributed by atoms with Crippen molar-refractivity contribution >= 4 is 39.6 Å². The van der Waals surface area contributed by atoms with E-state index in [1.807, 2.05) is 66.9 Å². The Morgan fingerprint density at radius 1 is 0.971 bits per heavy atom. The maximum absolute atomic E-state index is 13.3. The van der Waals surface area contributed by atoms with Gasteiger partial charge in [-0.2, -0.15) is 0 Å². The van der Waals surface area contributed by atoms with Crippen molar-refractivity contribution in [1.82, 2.24) is 5.32 Å². The molecule has 7 heteroatoms. The predicted molar refractivity (Wildman–Crippen MR) is 136 cm³/mol. The van der Waals surface area contributed by atoms with Gasteiger partial charge in [0.1, 0.15) is 11.5 Å². The van der Waals surface area contributed by atoms with Gasteiger partial charge in [-0.1, -0.05) is 36.4 Å². The minimum atomic E-state index is -0.791. The zero-order valence-electron chi connectivity index (χ0n) is 19.3. The van der Waals surface area contributed by atoms with Gasteiger partial charge in [-0.15, -0.1) is 11.3 Å². The van der Waals surface area contributed by atoms with Crippen molar-refractivity contribution in [3.05, 3.63) is 88.1 Å². The summed E-state index contributed by atoms with van der Waals surface area (Å²) in [7, 11) is 1.56. The molecule has 0 aliphatic heterocycles. The average Bonchev–Trinajstić information content (AvgIpc) is 3.36. The molecule has 174 valence electrons. The van der Waals surface area contributed by atoms with Gasteiger partial charge in [-0.3, -0.25) is 9.59 Å². The molecular formula is C27H26N2O4S. The van der Waals surface area contributed by atoms with Crippen molar-refractivity contribution < 1.29 is 19.1 Å². The number of ether oxygens (including phenoxy) is 2. The second-order valence-electron chi connectivity index (χ2n) is 7.91. The lowest BCUT2D eigenvalue weighted by atomic mass is 10.0. The largest absolute Gasteiger partial charge is 0.495 e. The van der Waals surface area contributed by atoms with E-state index >= 15 is 0 Å². The summed E-state index contributed by atoms with van der Waals surface area (Å²) in [5.74, 6) is 0.286. The lowest BCUT2D eigenvalue weighted by Gasteiger charge is -2.18. The van der Waals surface area contributed by atoms with E-state index in [-0.39, 0.29) is 11.8 Å². The van der Waals surface area contributed by atoms with Crippen LogP contribution in [0.4, 0.5) is 5.69 Å². The number of thiophene rings is 1. The fourth-order valence-electron chi connectivity index (χ4n) is 3.58. The van der Waals surface area contributed by atoms with Crippen molar-refractivity contribution in [2.45, 2.75) is 26.5 Å². The molecule has 4 rings (SSSR count). The number of fused-ring (bicyclic) bond motifs is 1. The number of hydrogen-bond donors (Lipinski definition) is 2. The van der Waals surface area contributed by atoms with Crippen LogP contribution in [0.1, 0.15) is 27.7 Å². The van der Waals surface area contributed by atoms with Gasteiger partial charge in [0, 0.05) is 4.88 Å². The van der Waals surface area contributed by atoms with Crippen molar-refractivity contribution in [2.75, 3.05) is 12.4 Å². The molecule has 1 aromatic heterocycles. The predicted octanol–water partition coefficient (Wildman–Crippen LogP) is 5.55. The smallest absolute Gasteiger partial charge is 0.261 e. The summed E-state index contributed by atoms with van der Waals surface area (Å²) < 4.78 is 11.4. The maximum atomic E-state index is 13.3. The third kappa shape index (κ3) is 5.38. The number of aryl methyl sites for hydroxylation is 1. The Morgan fingerprint density at radius 3 is 2.44 bits per heavy atom. The summed E-state index contributed by atoms with van der Waals surface area (Å²) >= 11 is 1.57. The number of hydrogen-bond acceptors (Lipinski definition) is 5. The lowest BCUT2D eigenvalue weighted by molar-refractivity contribution is -0.127. The third-order valence-electron chi connectivity index (χ3n) is 5.39. The van der Waals surface area contributed by atoms with Crippen LogP contribution in [-0.4, -0.2) is 25.0 Å². The molecule has 1 atom stereocenters. The first kappa shape index (κ1) is 23.3. The van der Waals surface area contributed by atoms with Crippen LogP contribution in [0.3, 0.4) is 0 Å². The number of anilines is 1. The van der Waals surface area contributed by atoms with Gasteiger partial charge in [-0.25, -0.2) is 0 Å². The monoisotopic (exact) mass is 474 g/mol. The summed E-state index contributed by atoms with van der Waals surface area (Å²) in [6.07, 6.45) is -0.791. The molecule has 1 heterocycles. The number of methoxy groups -OCH3 is 1. The molecule has 0 aliphatic carbocycles. The van der Waals surface area contributed by atoms with E-state index in [0.717, 1.165) is 21.2 Å². The van der Waals surface area contributed by atoms with Crippen molar-refractivity contribution in [1.29, 1.82) is 0 Å². The molecule has 3 aromatic carbocycles. The van der Waals surface area contributed by atoms with E-state index < -0.39 is 6.10 Å². The summed E-state index contributed by atoms with van der Waals surface area (Å²) in [6, 6.07) is 20.7. The minimum absolute atomic E-state index is 0.256. The average molecular weight is 475 g/mol. The normalized spacial score (nSPS) is 11.6. The fourth-order valence-corrected chi connectivity index (χ4v) is 4.22. The van der Waals surface area contributed by atoms with Crippen LogP contribution in [-0.2, 0) is 11.3 Å². The third-order valence-corrected chi connectivity index (χ3v) is 6.26. The molecule has 4 aromatic rings. The van der Waals surface area contributed by atoms with Gasteiger partial charge in [-0.05, 0) is 65.9 Å². The molecule has 0 saturated carbocycles. The number of amides is 2. The van der Waals surface area contributed by atoms with Gasteiger partial charge in [0.25, 0.3) is 11.8 Å². The molecule has 34 heavy (non-hydrogen) atoms. The topological polar surface area (TPSA) is 76.7 Å². The molecule has 2 amide bonds. The first-order valence-electron chi connectivity index (χ1n) is 10.9. The Labute approximate surface area is 202 Å². The highest BCUT2D eigenvalue weighted by Gasteiger charge is 2.21. The zero-order chi connectivity index (χ0) is 24.1. The molecule has 1 unspecified atom stereocenters. The van der Waals surface area contributed by atoms with Crippen molar-refractivity contribution in [3.8, 4) is 11.5 Å². The Morgan fingerprint density at radius 2 is 1.74 bits per heavy atom. The summed E-state index contributed by atoms with van der Waals surface area (Å²) in [6.45, 7) is 4.04. The van der Waals surface area contributed by atoms with E-state index in [2.05, 4.69) is 10.6 Å². The second kappa shape index (κ2) is 10.4. The molecule has 0 aliphatic rings. The summed E-state index contributed by atoms with van der Waals surface area (Å²) in [5.41, 5.74) is 1.88. The van der Waals surface area contributed by atoms with Crippen LogP contribution in [0.2, 0.25) is 0 Å². The first-order chi connectivity index (χ1) is 16.4. The molecular weight excluding hydrogens is 448 g/mol. The summed E-state index contributed by atoms with van der Waals surface area (Å²) in [5, 5.41) is 9.58. The molecule has 0 saturated heterocycles. The van der Waals surface area contributed by atoms with Crippen LogP contribution in [0.25, 0.3) is 10.8 Å². The van der Waals surface area contributed by atoms with E-state index in [1.165, 1.54) is 0 Å². The van der Waals surface area contributed by atoms with E-state index in [1.54, 1.807) is 37.5 Å². The number of carbonyl (C=O) groups is 2. The number of rotatable bonds is 8. The molecule has 2 N–H and O–H groups in total. The van der Waals surface area contributed by atoms with Crippen molar-refractivity contribution in [2.24, 2.45) is 0 Å². The molecule has 6 nitrogen and oxygen atoms in total. The Hall–Kier alpha value is -3.84. The molecule has 0 spiro atoms. The van der Waals surface area contributed by atoms with Crippen LogP contribution in [0.5, 0.6) is 11.5 Å². The van der Waals surface area contributed by atoms with Gasteiger partial charge >= 0.3 is 0 Å².